The maximum absolute atomic E-state index is 12.2. The highest BCUT2D eigenvalue weighted by Crippen LogP contribution is 2.20. The standard InChI is InChI=1S/C15H19NO5/c1-21-12-4-2-3-10(7-12)5-6-14(18)16-9-11(17)8-13(16)15(19)20/h2-4,7,11,13,17H,5-6,8-9H2,1H3,(H,19,20). The summed E-state index contributed by atoms with van der Waals surface area (Å²) < 4.78 is 5.12. The number of β-amino-alcohol motifs (C(OH)–C–C–N with tert-alkyl or cyclic N) is 1. The van der Waals surface area contributed by atoms with E-state index in [9.17, 15) is 14.7 Å². The number of likely N-dealkylation sites (tertiary alicyclic amines) is 1. The quantitative estimate of drug-likeness (QED) is 0.833. The Morgan fingerprint density at radius 1 is 1.43 bits per heavy atom. The Hall–Kier alpha value is -2.08. The molecule has 1 heterocycles. The molecule has 1 saturated heterocycles. The summed E-state index contributed by atoms with van der Waals surface area (Å²) in [5, 5.41) is 18.6. The van der Waals surface area contributed by atoms with E-state index in [1.54, 1.807) is 7.11 Å². The third-order valence-corrected chi connectivity index (χ3v) is 3.65. The van der Waals surface area contributed by atoms with E-state index >= 15 is 0 Å². The van der Waals surface area contributed by atoms with Crippen LogP contribution in [-0.4, -0.2) is 52.8 Å². The van der Waals surface area contributed by atoms with E-state index in [-0.39, 0.29) is 25.3 Å². The summed E-state index contributed by atoms with van der Waals surface area (Å²) in [6.45, 7) is 0.0912. The molecule has 0 aliphatic carbocycles. The molecule has 1 fully saturated rings. The monoisotopic (exact) mass is 293 g/mol. The largest absolute Gasteiger partial charge is 0.497 e. The topological polar surface area (TPSA) is 87.1 Å². The highest BCUT2D eigenvalue weighted by atomic mass is 16.5. The first kappa shape index (κ1) is 15.3. The van der Waals surface area contributed by atoms with Crippen LogP contribution in [0.3, 0.4) is 0 Å². The minimum absolute atomic E-state index is 0.0912. The molecule has 6 nitrogen and oxygen atoms in total. The number of aliphatic carboxylic acids is 1. The Bertz CT molecular complexity index is 531. The van der Waals surface area contributed by atoms with Crippen molar-refractivity contribution in [2.45, 2.75) is 31.4 Å². The van der Waals surface area contributed by atoms with Crippen LogP contribution in [0.25, 0.3) is 0 Å². The molecule has 0 radical (unpaired) electrons. The fourth-order valence-corrected chi connectivity index (χ4v) is 2.55. The number of aryl methyl sites for hydroxylation is 1. The first-order valence-corrected chi connectivity index (χ1v) is 6.84. The number of carboxylic acids is 1. The third-order valence-electron chi connectivity index (χ3n) is 3.65. The van der Waals surface area contributed by atoms with Gasteiger partial charge in [0.1, 0.15) is 11.8 Å². The van der Waals surface area contributed by atoms with Crippen molar-refractivity contribution in [1.82, 2.24) is 4.90 Å². The number of nitrogens with zero attached hydrogens (tertiary/aromatic N) is 1. The number of carboxylic acid groups (broad SMARTS) is 1. The summed E-state index contributed by atoms with van der Waals surface area (Å²) in [7, 11) is 1.58. The number of rotatable bonds is 5. The van der Waals surface area contributed by atoms with Gasteiger partial charge in [-0.2, -0.15) is 0 Å². The van der Waals surface area contributed by atoms with Crippen molar-refractivity contribution < 1.29 is 24.5 Å². The zero-order valence-corrected chi connectivity index (χ0v) is 11.9. The van der Waals surface area contributed by atoms with E-state index in [0.717, 1.165) is 11.3 Å². The number of hydrogen-bond acceptors (Lipinski definition) is 4. The number of aliphatic hydroxyl groups is 1. The lowest BCUT2D eigenvalue weighted by molar-refractivity contribution is -0.148. The number of hydrogen-bond donors (Lipinski definition) is 2. The third kappa shape index (κ3) is 3.72. The predicted molar refractivity (Wildman–Crippen MR) is 75.1 cm³/mol. The number of carbonyl (C=O) groups is 2. The Morgan fingerprint density at radius 3 is 2.86 bits per heavy atom. The minimum Gasteiger partial charge on any atom is -0.497 e. The maximum atomic E-state index is 12.2. The summed E-state index contributed by atoms with van der Waals surface area (Å²) in [4.78, 5) is 24.5. The lowest BCUT2D eigenvalue weighted by atomic mass is 10.1. The molecule has 0 bridgehead atoms. The van der Waals surface area contributed by atoms with Gasteiger partial charge in [0.25, 0.3) is 0 Å². The first-order valence-electron chi connectivity index (χ1n) is 6.84. The van der Waals surface area contributed by atoms with Crippen LogP contribution in [0.2, 0.25) is 0 Å². The van der Waals surface area contributed by atoms with E-state index in [1.807, 2.05) is 24.3 Å². The molecule has 6 heteroatoms. The van der Waals surface area contributed by atoms with Crippen molar-refractivity contribution in [3.8, 4) is 5.75 Å². The molecular formula is C15H19NO5. The van der Waals surface area contributed by atoms with Crippen LogP contribution in [0.15, 0.2) is 24.3 Å². The average Bonchev–Trinajstić information content (AvgIpc) is 2.87. The van der Waals surface area contributed by atoms with Gasteiger partial charge in [-0.3, -0.25) is 4.79 Å². The van der Waals surface area contributed by atoms with Crippen LogP contribution in [0.4, 0.5) is 0 Å². The Balaban J connectivity index is 1.96. The van der Waals surface area contributed by atoms with E-state index in [2.05, 4.69) is 0 Å². The summed E-state index contributed by atoms with van der Waals surface area (Å²) in [6.07, 6.45) is 0.0608. The fourth-order valence-electron chi connectivity index (χ4n) is 2.55. The van der Waals surface area contributed by atoms with Crippen LogP contribution in [-0.2, 0) is 16.0 Å². The smallest absolute Gasteiger partial charge is 0.326 e. The van der Waals surface area contributed by atoms with Gasteiger partial charge in [-0.1, -0.05) is 12.1 Å². The van der Waals surface area contributed by atoms with Crippen molar-refractivity contribution in [2.75, 3.05) is 13.7 Å². The molecule has 1 aliphatic heterocycles. The minimum atomic E-state index is -1.07. The molecule has 1 aliphatic rings. The second-order valence-corrected chi connectivity index (χ2v) is 5.14. The summed E-state index contributed by atoms with van der Waals surface area (Å²) >= 11 is 0. The summed E-state index contributed by atoms with van der Waals surface area (Å²) in [6, 6.07) is 6.49. The molecule has 2 rings (SSSR count). The summed E-state index contributed by atoms with van der Waals surface area (Å²) in [5.74, 6) is -0.594. The van der Waals surface area contributed by atoms with Gasteiger partial charge >= 0.3 is 5.97 Å². The van der Waals surface area contributed by atoms with Gasteiger partial charge in [0, 0.05) is 19.4 Å². The van der Waals surface area contributed by atoms with Gasteiger partial charge in [0.05, 0.1) is 13.2 Å². The van der Waals surface area contributed by atoms with E-state index in [4.69, 9.17) is 9.84 Å². The molecule has 0 saturated carbocycles. The zero-order valence-electron chi connectivity index (χ0n) is 11.9. The molecule has 1 aromatic rings. The highest BCUT2D eigenvalue weighted by molar-refractivity contribution is 5.84. The molecule has 2 unspecified atom stereocenters. The fraction of sp³-hybridized carbons (Fsp3) is 0.467. The molecule has 21 heavy (non-hydrogen) atoms. The van der Waals surface area contributed by atoms with E-state index in [1.165, 1.54) is 4.90 Å². The van der Waals surface area contributed by atoms with Gasteiger partial charge in [0.2, 0.25) is 5.91 Å². The number of carbonyl (C=O) groups excluding carboxylic acids is 1. The van der Waals surface area contributed by atoms with Gasteiger partial charge in [0.15, 0.2) is 0 Å². The molecule has 1 aromatic carbocycles. The normalized spacial score (nSPS) is 21.3. The second-order valence-electron chi connectivity index (χ2n) is 5.14. The molecule has 0 aromatic heterocycles. The lowest BCUT2D eigenvalue weighted by Crippen LogP contribution is -2.40. The van der Waals surface area contributed by atoms with Gasteiger partial charge in [-0.05, 0) is 24.1 Å². The maximum Gasteiger partial charge on any atom is 0.326 e. The van der Waals surface area contributed by atoms with Crippen LogP contribution in [0, 0.1) is 0 Å². The number of amides is 1. The SMILES string of the molecule is COc1cccc(CCC(=O)N2CC(O)CC2C(=O)O)c1. The van der Waals surface area contributed by atoms with Crippen molar-refractivity contribution in [2.24, 2.45) is 0 Å². The number of methoxy groups -OCH3 is 1. The number of benzene rings is 1. The molecule has 0 spiro atoms. The molecule has 2 atom stereocenters. The van der Waals surface area contributed by atoms with Crippen molar-refractivity contribution in [3.63, 3.8) is 0 Å². The average molecular weight is 293 g/mol. The molecule has 114 valence electrons. The van der Waals surface area contributed by atoms with Gasteiger partial charge in [-0.15, -0.1) is 0 Å². The molecular weight excluding hydrogens is 274 g/mol. The number of ether oxygens (including phenoxy) is 1. The van der Waals surface area contributed by atoms with Crippen LogP contribution >= 0.6 is 0 Å². The van der Waals surface area contributed by atoms with Crippen LogP contribution in [0.1, 0.15) is 18.4 Å². The van der Waals surface area contributed by atoms with Crippen molar-refractivity contribution in [1.29, 1.82) is 0 Å². The number of aliphatic hydroxyl groups excluding tert-OH is 1. The van der Waals surface area contributed by atoms with E-state index < -0.39 is 18.1 Å². The second kappa shape index (κ2) is 6.58. The Morgan fingerprint density at radius 2 is 2.19 bits per heavy atom. The zero-order chi connectivity index (χ0) is 15.4. The lowest BCUT2D eigenvalue weighted by Gasteiger charge is -2.21. The molecule has 2 N–H and O–H groups in total. The van der Waals surface area contributed by atoms with Gasteiger partial charge in [-0.25, -0.2) is 4.79 Å². The van der Waals surface area contributed by atoms with Crippen LogP contribution < -0.4 is 4.74 Å². The Labute approximate surface area is 122 Å². The Kier molecular flexibility index (Phi) is 4.80. The first-order chi connectivity index (χ1) is 10.0. The van der Waals surface area contributed by atoms with Crippen molar-refractivity contribution in [3.05, 3.63) is 29.8 Å². The van der Waals surface area contributed by atoms with Crippen LogP contribution in [0.5, 0.6) is 5.75 Å². The molecule has 1 amide bonds. The van der Waals surface area contributed by atoms with E-state index in [0.29, 0.717) is 6.42 Å². The predicted octanol–water partition coefficient (Wildman–Crippen LogP) is 0.674. The van der Waals surface area contributed by atoms with Crippen molar-refractivity contribution >= 4 is 11.9 Å². The summed E-state index contributed by atoms with van der Waals surface area (Å²) in [5.41, 5.74) is 0.953. The van der Waals surface area contributed by atoms with Gasteiger partial charge < -0.3 is 19.8 Å². The highest BCUT2D eigenvalue weighted by Gasteiger charge is 2.38.